The zero-order valence-corrected chi connectivity index (χ0v) is 13.6. The van der Waals surface area contributed by atoms with Crippen LogP contribution >= 0.6 is 0 Å². The van der Waals surface area contributed by atoms with E-state index in [0.717, 1.165) is 29.7 Å². The molecule has 0 spiro atoms. The maximum Gasteiger partial charge on any atom is 0.326 e. The number of carbonyl (C=O) groups is 2. The average molecular weight is 324 g/mol. The Morgan fingerprint density at radius 3 is 2.71 bits per heavy atom. The smallest absolute Gasteiger partial charge is 0.326 e. The highest BCUT2D eigenvalue weighted by Crippen LogP contribution is 2.27. The normalized spacial score (nSPS) is 17.5. The van der Waals surface area contributed by atoms with Crippen molar-refractivity contribution in [3.05, 3.63) is 53.7 Å². The van der Waals surface area contributed by atoms with Crippen LogP contribution in [-0.4, -0.2) is 39.5 Å². The second kappa shape index (κ2) is 6.83. The second-order valence-electron chi connectivity index (χ2n) is 6.04. The van der Waals surface area contributed by atoms with Gasteiger partial charge in [-0.2, -0.15) is 0 Å². The lowest BCUT2D eigenvalue weighted by Crippen LogP contribution is -2.48. The molecule has 24 heavy (non-hydrogen) atoms. The standard InChI is InChI=1S/C19H20N2O3/c1-13-14(16-9-2-4-11-20-16)7-6-8-15(13)18(22)21-12-5-3-10-17(21)19(23)24/h2,4,6-9,11,17H,3,5,10,12H2,1H3,(H,23,24). The van der Waals surface area contributed by atoms with Crippen LogP contribution in [0.25, 0.3) is 11.3 Å². The molecule has 1 fully saturated rings. The Balaban J connectivity index is 1.97. The van der Waals surface area contributed by atoms with Crippen molar-refractivity contribution in [2.75, 3.05) is 6.54 Å². The highest BCUT2D eigenvalue weighted by Gasteiger charge is 2.33. The molecule has 0 aliphatic carbocycles. The predicted octanol–water partition coefficient (Wildman–Crippen LogP) is 3.14. The molecule has 1 N–H and O–H groups in total. The lowest BCUT2D eigenvalue weighted by atomic mass is 9.96. The van der Waals surface area contributed by atoms with Gasteiger partial charge in [-0.15, -0.1) is 0 Å². The van der Waals surface area contributed by atoms with E-state index in [1.807, 2.05) is 37.3 Å². The third-order valence-electron chi connectivity index (χ3n) is 4.55. The maximum atomic E-state index is 13.0. The summed E-state index contributed by atoms with van der Waals surface area (Å²) in [4.78, 5) is 30.3. The Labute approximate surface area is 140 Å². The van der Waals surface area contributed by atoms with Gasteiger partial charge in [0.05, 0.1) is 5.69 Å². The van der Waals surface area contributed by atoms with E-state index in [1.54, 1.807) is 12.3 Å². The van der Waals surface area contributed by atoms with Gasteiger partial charge in [0.1, 0.15) is 6.04 Å². The Bertz CT molecular complexity index is 758. The van der Waals surface area contributed by atoms with E-state index in [-0.39, 0.29) is 5.91 Å². The van der Waals surface area contributed by atoms with Crippen LogP contribution in [0.4, 0.5) is 0 Å². The van der Waals surface area contributed by atoms with Gasteiger partial charge < -0.3 is 10.0 Å². The Kier molecular flexibility index (Phi) is 4.60. The number of carboxylic acid groups (broad SMARTS) is 1. The molecule has 3 rings (SSSR count). The molecule has 0 saturated carbocycles. The lowest BCUT2D eigenvalue weighted by Gasteiger charge is -2.33. The van der Waals surface area contributed by atoms with Crippen molar-refractivity contribution in [3.63, 3.8) is 0 Å². The summed E-state index contributed by atoms with van der Waals surface area (Å²) in [6.45, 7) is 2.38. The summed E-state index contributed by atoms with van der Waals surface area (Å²) in [6, 6.07) is 10.4. The minimum Gasteiger partial charge on any atom is -0.480 e. The zero-order chi connectivity index (χ0) is 17.1. The third kappa shape index (κ3) is 3.02. The van der Waals surface area contributed by atoms with Crippen LogP contribution < -0.4 is 0 Å². The summed E-state index contributed by atoms with van der Waals surface area (Å²) in [5, 5.41) is 9.40. The summed E-state index contributed by atoms with van der Waals surface area (Å²) < 4.78 is 0. The largest absolute Gasteiger partial charge is 0.480 e. The van der Waals surface area contributed by atoms with E-state index in [0.29, 0.717) is 18.5 Å². The number of nitrogens with zero attached hydrogens (tertiary/aromatic N) is 2. The molecular weight excluding hydrogens is 304 g/mol. The van der Waals surface area contributed by atoms with E-state index in [1.165, 1.54) is 4.90 Å². The number of rotatable bonds is 3. The molecular formula is C19H20N2O3. The first-order valence-electron chi connectivity index (χ1n) is 8.14. The number of likely N-dealkylation sites (tertiary alicyclic amines) is 1. The molecule has 1 unspecified atom stereocenters. The number of benzene rings is 1. The topological polar surface area (TPSA) is 70.5 Å². The monoisotopic (exact) mass is 324 g/mol. The van der Waals surface area contributed by atoms with Gasteiger partial charge in [0, 0.05) is 23.9 Å². The lowest BCUT2D eigenvalue weighted by molar-refractivity contribution is -0.143. The molecule has 5 heteroatoms. The van der Waals surface area contributed by atoms with Crippen molar-refractivity contribution in [1.82, 2.24) is 9.88 Å². The van der Waals surface area contributed by atoms with Crippen LogP contribution in [0.15, 0.2) is 42.6 Å². The van der Waals surface area contributed by atoms with Gasteiger partial charge in [-0.1, -0.05) is 18.2 Å². The minimum atomic E-state index is -0.929. The van der Waals surface area contributed by atoms with Crippen molar-refractivity contribution in [2.45, 2.75) is 32.2 Å². The number of pyridine rings is 1. The van der Waals surface area contributed by atoms with Gasteiger partial charge in [0.25, 0.3) is 5.91 Å². The number of hydrogen-bond acceptors (Lipinski definition) is 3. The van der Waals surface area contributed by atoms with Crippen molar-refractivity contribution in [3.8, 4) is 11.3 Å². The van der Waals surface area contributed by atoms with Crippen LogP contribution in [-0.2, 0) is 4.79 Å². The fourth-order valence-electron chi connectivity index (χ4n) is 3.25. The summed E-state index contributed by atoms with van der Waals surface area (Å²) in [5.41, 5.74) is 3.07. The van der Waals surface area contributed by atoms with E-state index in [2.05, 4.69) is 4.98 Å². The number of piperidine rings is 1. The maximum absolute atomic E-state index is 13.0. The van der Waals surface area contributed by atoms with Crippen LogP contribution in [0.3, 0.4) is 0 Å². The third-order valence-corrected chi connectivity index (χ3v) is 4.55. The Morgan fingerprint density at radius 1 is 1.17 bits per heavy atom. The fraction of sp³-hybridized carbons (Fsp3) is 0.316. The zero-order valence-electron chi connectivity index (χ0n) is 13.6. The predicted molar refractivity (Wildman–Crippen MR) is 90.7 cm³/mol. The van der Waals surface area contributed by atoms with Crippen molar-refractivity contribution in [1.29, 1.82) is 0 Å². The fourth-order valence-corrected chi connectivity index (χ4v) is 3.25. The summed E-state index contributed by atoms with van der Waals surface area (Å²) in [7, 11) is 0. The second-order valence-corrected chi connectivity index (χ2v) is 6.04. The molecule has 2 aromatic rings. The first-order chi connectivity index (χ1) is 11.6. The first-order valence-corrected chi connectivity index (χ1v) is 8.14. The average Bonchev–Trinajstić information content (AvgIpc) is 2.62. The van der Waals surface area contributed by atoms with Gasteiger partial charge in [-0.3, -0.25) is 9.78 Å². The molecule has 5 nitrogen and oxygen atoms in total. The molecule has 1 amide bonds. The summed E-state index contributed by atoms with van der Waals surface area (Å²) in [5.74, 6) is -1.14. The summed E-state index contributed by atoms with van der Waals surface area (Å²) >= 11 is 0. The van der Waals surface area contributed by atoms with E-state index in [9.17, 15) is 14.7 Å². The van der Waals surface area contributed by atoms with Gasteiger partial charge in [0.2, 0.25) is 0 Å². The Morgan fingerprint density at radius 2 is 2.00 bits per heavy atom. The number of aromatic nitrogens is 1. The van der Waals surface area contributed by atoms with Gasteiger partial charge in [-0.25, -0.2) is 4.79 Å². The number of carboxylic acids is 1. The van der Waals surface area contributed by atoms with E-state index in [4.69, 9.17) is 0 Å². The highest BCUT2D eigenvalue weighted by atomic mass is 16.4. The molecule has 0 radical (unpaired) electrons. The van der Waals surface area contributed by atoms with Crippen LogP contribution in [0.5, 0.6) is 0 Å². The molecule has 124 valence electrons. The molecule has 0 bridgehead atoms. The first kappa shape index (κ1) is 16.2. The van der Waals surface area contributed by atoms with Crippen LogP contribution in [0, 0.1) is 6.92 Å². The minimum absolute atomic E-state index is 0.211. The van der Waals surface area contributed by atoms with Crippen molar-refractivity contribution in [2.24, 2.45) is 0 Å². The van der Waals surface area contributed by atoms with Crippen molar-refractivity contribution >= 4 is 11.9 Å². The van der Waals surface area contributed by atoms with Gasteiger partial charge in [-0.05, 0) is 49.9 Å². The molecule has 2 heterocycles. The Hall–Kier alpha value is -2.69. The molecule has 1 aromatic carbocycles. The van der Waals surface area contributed by atoms with Gasteiger partial charge in [0.15, 0.2) is 0 Å². The number of hydrogen-bond donors (Lipinski definition) is 1. The summed E-state index contributed by atoms with van der Waals surface area (Å²) in [6.07, 6.45) is 3.91. The molecule has 1 aliphatic heterocycles. The quantitative estimate of drug-likeness (QED) is 0.941. The van der Waals surface area contributed by atoms with Gasteiger partial charge >= 0.3 is 5.97 Å². The molecule has 1 saturated heterocycles. The SMILES string of the molecule is Cc1c(C(=O)N2CCCCC2C(=O)O)cccc1-c1ccccn1. The molecule has 1 aromatic heterocycles. The van der Waals surface area contributed by atoms with Crippen LogP contribution in [0.1, 0.15) is 35.2 Å². The van der Waals surface area contributed by atoms with Crippen LogP contribution in [0.2, 0.25) is 0 Å². The van der Waals surface area contributed by atoms with E-state index >= 15 is 0 Å². The highest BCUT2D eigenvalue weighted by molar-refractivity contribution is 5.99. The molecule has 1 atom stereocenters. The number of aliphatic carboxylic acids is 1. The van der Waals surface area contributed by atoms with E-state index < -0.39 is 12.0 Å². The molecule has 1 aliphatic rings. The number of amides is 1. The number of carbonyl (C=O) groups excluding carboxylic acids is 1. The van der Waals surface area contributed by atoms with Crippen molar-refractivity contribution < 1.29 is 14.7 Å².